The number of hydrogen-bond donors (Lipinski definition) is 1. The van der Waals surface area contributed by atoms with Crippen molar-refractivity contribution in [3.8, 4) is 0 Å². The van der Waals surface area contributed by atoms with Crippen LogP contribution in [0, 0.1) is 6.92 Å². The van der Waals surface area contributed by atoms with Crippen LogP contribution in [0.1, 0.15) is 44.7 Å². The minimum atomic E-state index is 0.180. The molecule has 0 radical (unpaired) electrons. The molecule has 1 aliphatic rings. The van der Waals surface area contributed by atoms with Crippen molar-refractivity contribution in [3.63, 3.8) is 0 Å². The van der Waals surface area contributed by atoms with Crippen LogP contribution in [0.3, 0.4) is 0 Å². The van der Waals surface area contributed by atoms with E-state index in [9.17, 15) is 0 Å². The van der Waals surface area contributed by atoms with Crippen molar-refractivity contribution in [3.05, 3.63) is 47.5 Å². The van der Waals surface area contributed by atoms with Gasteiger partial charge in [0.2, 0.25) is 0 Å². The molecule has 0 atom stereocenters. The average Bonchev–Trinajstić information content (AvgIpc) is 2.75. The van der Waals surface area contributed by atoms with Crippen LogP contribution in [0.5, 0.6) is 0 Å². The Balaban J connectivity index is 2.22. The number of benzene rings is 1. The van der Waals surface area contributed by atoms with E-state index >= 15 is 0 Å². The molecule has 98 valence electrons. The monoisotopic (exact) mass is 243 g/mol. The molecule has 2 rings (SSSR count). The van der Waals surface area contributed by atoms with Gasteiger partial charge in [-0.05, 0) is 46.1 Å². The first-order chi connectivity index (χ1) is 8.41. The maximum atomic E-state index is 3.68. The number of rotatable bonds is 3. The largest absolute Gasteiger partial charge is 0.311 e. The molecular formula is C17H25N. The zero-order chi connectivity index (χ0) is 13.2. The standard InChI is InChI=1S/C17H25N/c1-14-8-7-9-15(12-14)17(10-5-6-11-17)13-18-16(2,3)4/h5-9,12,18H,10-11,13H2,1-4H3. The molecule has 18 heavy (non-hydrogen) atoms. The summed E-state index contributed by atoms with van der Waals surface area (Å²) in [7, 11) is 0. The van der Waals surface area contributed by atoms with Gasteiger partial charge >= 0.3 is 0 Å². The second-order valence-electron chi connectivity index (χ2n) is 6.63. The lowest BCUT2D eigenvalue weighted by Crippen LogP contribution is -2.45. The highest BCUT2D eigenvalue weighted by molar-refractivity contribution is 5.34. The number of aryl methyl sites for hydroxylation is 1. The Morgan fingerprint density at radius 2 is 1.83 bits per heavy atom. The molecule has 0 amide bonds. The number of allylic oxidation sites excluding steroid dienone is 2. The molecule has 1 nitrogen and oxygen atoms in total. The number of nitrogens with one attached hydrogen (secondary N) is 1. The summed E-state index contributed by atoms with van der Waals surface area (Å²) in [6, 6.07) is 8.99. The van der Waals surface area contributed by atoms with Crippen molar-refractivity contribution in [2.75, 3.05) is 6.54 Å². The molecule has 1 aromatic carbocycles. The minimum Gasteiger partial charge on any atom is -0.311 e. The highest BCUT2D eigenvalue weighted by Gasteiger charge is 2.33. The molecular weight excluding hydrogens is 218 g/mol. The van der Waals surface area contributed by atoms with E-state index in [-0.39, 0.29) is 11.0 Å². The molecule has 0 bridgehead atoms. The van der Waals surface area contributed by atoms with Gasteiger partial charge in [0.25, 0.3) is 0 Å². The van der Waals surface area contributed by atoms with Crippen LogP contribution in [0.15, 0.2) is 36.4 Å². The van der Waals surface area contributed by atoms with Crippen molar-refractivity contribution in [2.24, 2.45) is 0 Å². The Hall–Kier alpha value is -1.08. The second-order valence-corrected chi connectivity index (χ2v) is 6.63. The van der Waals surface area contributed by atoms with Gasteiger partial charge in [0, 0.05) is 17.5 Å². The third kappa shape index (κ3) is 3.02. The van der Waals surface area contributed by atoms with Crippen LogP contribution >= 0.6 is 0 Å². The van der Waals surface area contributed by atoms with Crippen molar-refractivity contribution in [1.82, 2.24) is 5.32 Å². The van der Waals surface area contributed by atoms with Crippen LogP contribution in [0.4, 0.5) is 0 Å². The van der Waals surface area contributed by atoms with Gasteiger partial charge in [-0.2, -0.15) is 0 Å². The second kappa shape index (κ2) is 4.89. The molecule has 0 saturated heterocycles. The molecule has 0 aliphatic heterocycles. The van der Waals surface area contributed by atoms with E-state index in [0.29, 0.717) is 0 Å². The third-order valence-corrected chi connectivity index (χ3v) is 3.77. The molecule has 0 fully saturated rings. The minimum absolute atomic E-state index is 0.180. The zero-order valence-corrected chi connectivity index (χ0v) is 12.1. The first-order valence-corrected chi connectivity index (χ1v) is 6.89. The zero-order valence-electron chi connectivity index (χ0n) is 12.1. The predicted octanol–water partition coefficient (Wildman–Crippen LogP) is 3.97. The Morgan fingerprint density at radius 1 is 1.17 bits per heavy atom. The Labute approximate surface area is 111 Å². The summed E-state index contributed by atoms with van der Waals surface area (Å²) >= 11 is 0. The van der Waals surface area contributed by atoms with Crippen molar-refractivity contribution in [1.29, 1.82) is 0 Å². The maximum absolute atomic E-state index is 3.68. The fourth-order valence-corrected chi connectivity index (χ4v) is 2.59. The lowest BCUT2D eigenvalue weighted by Gasteiger charge is -2.34. The van der Waals surface area contributed by atoms with Gasteiger partial charge in [0.1, 0.15) is 0 Å². The quantitative estimate of drug-likeness (QED) is 0.792. The predicted molar refractivity (Wildman–Crippen MR) is 79.0 cm³/mol. The van der Waals surface area contributed by atoms with Gasteiger partial charge in [0.05, 0.1) is 0 Å². The number of hydrogen-bond acceptors (Lipinski definition) is 1. The smallest absolute Gasteiger partial charge is 0.0147 e. The van der Waals surface area contributed by atoms with Crippen molar-refractivity contribution in [2.45, 2.75) is 51.5 Å². The van der Waals surface area contributed by atoms with Crippen LogP contribution in [0.25, 0.3) is 0 Å². The molecule has 0 saturated carbocycles. The van der Waals surface area contributed by atoms with E-state index in [4.69, 9.17) is 0 Å². The molecule has 1 aromatic rings. The highest BCUT2D eigenvalue weighted by atomic mass is 15.0. The van der Waals surface area contributed by atoms with E-state index in [1.54, 1.807) is 0 Å². The van der Waals surface area contributed by atoms with E-state index < -0.39 is 0 Å². The average molecular weight is 243 g/mol. The fraction of sp³-hybridized carbons (Fsp3) is 0.529. The first kappa shape index (κ1) is 13.4. The lowest BCUT2D eigenvalue weighted by atomic mass is 9.77. The molecule has 1 aliphatic carbocycles. The SMILES string of the molecule is Cc1cccc(C2(CNC(C)(C)C)CC=CC2)c1. The summed E-state index contributed by atoms with van der Waals surface area (Å²) in [6.45, 7) is 9.93. The third-order valence-electron chi connectivity index (χ3n) is 3.77. The summed E-state index contributed by atoms with van der Waals surface area (Å²) in [5, 5.41) is 3.68. The Bertz CT molecular complexity index is 429. The summed E-state index contributed by atoms with van der Waals surface area (Å²) in [5.74, 6) is 0. The van der Waals surface area contributed by atoms with Crippen LogP contribution in [-0.4, -0.2) is 12.1 Å². The Morgan fingerprint density at radius 3 is 2.39 bits per heavy atom. The van der Waals surface area contributed by atoms with Crippen LogP contribution < -0.4 is 5.32 Å². The van der Waals surface area contributed by atoms with E-state index in [1.165, 1.54) is 11.1 Å². The lowest BCUT2D eigenvalue weighted by molar-refractivity contribution is 0.340. The van der Waals surface area contributed by atoms with Crippen LogP contribution in [-0.2, 0) is 5.41 Å². The van der Waals surface area contributed by atoms with Crippen LogP contribution in [0.2, 0.25) is 0 Å². The molecule has 1 heteroatoms. The van der Waals surface area contributed by atoms with Gasteiger partial charge in [-0.15, -0.1) is 0 Å². The molecule has 0 spiro atoms. The van der Waals surface area contributed by atoms with E-state index in [1.807, 2.05) is 0 Å². The topological polar surface area (TPSA) is 12.0 Å². The molecule has 0 aromatic heterocycles. The Kier molecular flexibility index (Phi) is 3.63. The van der Waals surface area contributed by atoms with Gasteiger partial charge in [-0.1, -0.05) is 42.0 Å². The molecule has 0 heterocycles. The summed E-state index contributed by atoms with van der Waals surface area (Å²) < 4.78 is 0. The fourth-order valence-electron chi connectivity index (χ4n) is 2.59. The molecule has 1 N–H and O–H groups in total. The molecule has 0 unspecified atom stereocenters. The van der Waals surface area contributed by atoms with Gasteiger partial charge < -0.3 is 5.32 Å². The first-order valence-electron chi connectivity index (χ1n) is 6.89. The summed E-state index contributed by atoms with van der Waals surface area (Å²) in [4.78, 5) is 0. The van der Waals surface area contributed by atoms with E-state index in [0.717, 1.165) is 19.4 Å². The maximum Gasteiger partial charge on any atom is 0.0147 e. The van der Waals surface area contributed by atoms with Crippen molar-refractivity contribution >= 4 is 0 Å². The summed E-state index contributed by atoms with van der Waals surface area (Å²) in [6.07, 6.45) is 6.96. The highest BCUT2D eigenvalue weighted by Crippen LogP contribution is 2.37. The van der Waals surface area contributed by atoms with Gasteiger partial charge in [-0.3, -0.25) is 0 Å². The normalized spacial score (nSPS) is 18.2. The summed E-state index contributed by atoms with van der Waals surface area (Å²) in [5.41, 5.74) is 3.28. The van der Waals surface area contributed by atoms with Gasteiger partial charge in [-0.25, -0.2) is 0 Å². The van der Waals surface area contributed by atoms with E-state index in [2.05, 4.69) is 69.4 Å². The van der Waals surface area contributed by atoms with Gasteiger partial charge in [0.15, 0.2) is 0 Å². The van der Waals surface area contributed by atoms with Crippen molar-refractivity contribution < 1.29 is 0 Å².